The van der Waals surface area contributed by atoms with E-state index in [-0.39, 0.29) is 22.8 Å². The molecule has 0 saturated carbocycles. The molecule has 1 atom stereocenters. The first kappa shape index (κ1) is 21.1. The molecule has 1 saturated heterocycles. The van der Waals surface area contributed by atoms with Gasteiger partial charge in [-0.3, -0.25) is 24.0 Å². The van der Waals surface area contributed by atoms with Gasteiger partial charge in [0.15, 0.2) is 5.16 Å². The van der Waals surface area contributed by atoms with E-state index in [1.165, 1.54) is 17.3 Å². The first-order valence-electron chi connectivity index (χ1n) is 10.5. The molecule has 0 radical (unpaired) electrons. The number of nitrogens with zero attached hydrogens (tertiary/aromatic N) is 5. The fourth-order valence-electron chi connectivity index (χ4n) is 3.88. The van der Waals surface area contributed by atoms with Gasteiger partial charge < -0.3 is 4.90 Å². The molecular weight excluding hydrogens is 398 g/mol. The van der Waals surface area contributed by atoms with Crippen molar-refractivity contribution in [2.45, 2.75) is 44.4 Å². The van der Waals surface area contributed by atoms with Crippen LogP contribution in [-0.2, 0) is 23.3 Å². The third-order valence-corrected chi connectivity index (χ3v) is 6.89. The van der Waals surface area contributed by atoms with Crippen molar-refractivity contribution in [2.24, 2.45) is 5.92 Å². The van der Waals surface area contributed by atoms with Crippen LogP contribution in [0.5, 0.6) is 0 Å². The number of pyridine rings is 1. The molecule has 0 N–H and O–H groups in total. The summed E-state index contributed by atoms with van der Waals surface area (Å²) in [5.74, 6) is 0.661. The molecule has 2 aliphatic heterocycles. The molecule has 4 heterocycles. The van der Waals surface area contributed by atoms with Gasteiger partial charge in [-0.1, -0.05) is 32.5 Å². The number of amides is 1. The van der Waals surface area contributed by atoms with Gasteiger partial charge in [0.25, 0.3) is 5.56 Å². The quantitative estimate of drug-likeness (QED) is 0.698. The van der Waals surface area contributed by atoms with E-state index in [2.05, 4.69) is 30.7 Å². The average molecular weight is 428 g/mol. The second kappa shape index (κ2) is 8.51. The van der Waals surface area contributed by atoms with Gasteiger partial charge in [-0.15, -0.1) is 0 Å². The van der Waals surface area contributed by atoms with Crippen LogP contribution in [0.25, 0.3) is 0 Å². The fraction of sp³-hybridized carbons (Fsp3) is 0.545. The zero-order valence-corrected chi connectivity index (χ0v) is 18.7. The summed E-state index contributed by atoms with van der Waals surface area (Å²) < 4.78 is 1.67. The van der Waals surface area contributed by atoms with E-state index in [9.17, 15) is 9.59 Å². The predicted octanol–water partition coefficient (Wildman–Crippen LogP) is 2.00. The summed E-state index contributed by atoms with van der Waals surface area (Å²) in [5.41, 5.74) is 1.82. The Morgan fingerprint density at radius 3 is 2.53 bits per heavy atom. The second-order valence-electron chi connectivity index (χ2n) is 9.09. The molecule has 160 valence electrons. The summed E-state index contributed by atoms with van der Waals surface area (Å²) >= 11 is 1.52. The molecule has 0 spiro atoms. The SMILES string of the molecule is CC(C)(C)c1cc(=O)n2c(n1)SCC(C(=O)N1CCN(Cc3ccncc3)CC1)C2. The van der Waals surface area contributed by atoms with Crippen LogP contribution in [0.1, 0.15) is 32.0 Å². The van der Waals surface area contributed by atoms with Crippen molar-refractivity contribution in [1.29, 1.82) is 0 Å². The zero-order chi connectivity index (χ0) is 21.3. The van der Waals surface area contributed by atoms with Gasteiger partial charge in [0.1, 0.15) is 0 Å². The van der Waals surface area contributed by atoms with Gasteiger partial charge in [-0.05, 0) is 17.7 Å². The molecule has 2 aromatic rings. The Labute approximate surface area is 181 Å². The Hall–Kier alpha value is -2.19. The zero-order valence-electron chi connectivity index (χ0n) is 17.9. The van der Waals surface area contributed by atoms with Crippen molar-refractivity contribution < 1.29 is 4.79 Å². The summed E-state index contributed by atoms with van der Waals surface area (Å²) in [5, 5.41) is 0.735. The van der Waals surface area contributed by atoms with E-state index < -0.39 is 0 Å². The molecule has 0 aromatic carbocycles. The van der Waals surface area contributed by atoms with Crippen LogP contribution < -0.4 is 5.56 Å². The molecule has 1 amide bonds. The molecule has 0 bridgehead atoms. The van der Waals surface area contributed by atoms with E-state index in [0.29, 0.717) is 12.3 Å². The van der Waals surface area contributed by atoms with Crippen molar-refractivity contribution in [3.05, 3.63) is 52.2 Å². The van der Waals surface area contributed by atoms with Gasteiger partial charge in [0.2, 0.25) is 5.91 Å². The lowest BCUT2D eigenvalue weighted by Crippen LogP contribution is -2.51. The third-order valence-electron chi connectivity index (χ3n) is 5.75. The highest BCUT2D eigenvalue weighted by Crippen LogP contribution is 2.29. The van der Waals surface area contributed by atoms with Crippen molar-refractivity contribution in [3.63, 3.8) is 0 Å². The maximum Gasteiger partial charge on any atom is 0.254 e. The lowest BCUT2D eigenvalue weighted by atomic mass is 9.92. The highest BCUT2D eigenvalue weighted by atomic mass is 32.2. The molecule has 7 nitrogen and oxygen atoms in total. The molecule has 1 unspecified atom stereocenters. The lowest BCUT2D eigenvalue weighted by molar-refractivity contribution is -0.137. The minimum atomic E-state index is -0.172. The van der Waals surface area contributed by atoms with Crippen LogP contribution in [0.3, 0.4) is 0 Å². The van der Waals surface area contributed by atoms with E-state index in [4.69, 9.17) is 4.98 Å². The maximum atomic E-state index is 13.1. The second-order valence-corrected chi connectivity index (χ2v) is 10.1. The van der Waals surface area contributed by atoms with Crippen molar-refractivity contribution in [2.75, 3.05) is 31.9 Å². The minimum Gasteiger partial charge on any atom is -0.340 e. The number of hydrogen-bond donors (Lipinski definition) is 0. The first-order chi connectivity index (χ1) is 14.3. The van der Waals surface area contributed by atoms with Crippen LogP contribution in [-0.4, -0.2) is 62.2 Å². The van der Waals surface area contributed by atoms with E-state index in [0.717, 1.165) is 43.6 Å². The number of fused-ring (bicyclic) bond motifs is 1. The van der Waals surface area contributed by atoms with E-state index in [1.807, 2.05) is 29.4 Å². The van der Waals surface area contributed by atoms with Crippen LogP contribution >= 0.6 is 11.8 Å². The van der Waals surface area contributed by atoms with Crippen LogP contribution in [0.15, 0.2) is 40.5 Å². The van der Waals surface area contributed by atoms with Crippen LogP contribution in [0, 0.1) is 5.92 Å². The predicted molar refractivity (Wildman–Crippen MR) is 118 cm³/mol. The Kier molecular flexibility index (Phi) is 5.97. The molecule has 4 rings (SSSR count). The molecule has 8 heteroatoms. The largest absolute Gasteiger partial charge is 0.340 e. The minimum absolute atomic E-state index is 0.0582. The van der Waals surface area contributed by atoms with Crippen molar-refractivity contribution in [1.82, 2.24) is 24.3 Å². The average Bonchev–Trinajstić information content (AvgIpc) is 2.73. The summed E-state index contributed by atoms with van der Waals surface area (Å²) in [4.78, 5) is 38.9. The number of thioether (sulfide) groups is 1. The molecule has 2 aliphatic rings. The number of carbonyl (C=O) groups excluding carboxylic acids is 1. The summed E-state index contributed by atoms with van der Waals surface area (Å²) in [6.45, 7) is 10.7. The number of rotatable bonds is 3. The van der Waals surface area contributed by atoms with Gasteiger partial charge in [-0.25, -0.2) is 4.98 Å². The van der Waals surface area contributed by atoms with E-state index >= 15 is 0 Å². The number of aromatic nitrogens is 3. The topological polar surface area (TPSA) is 71.3 Å². The Morgan fingerprint density at radius 2 is 1.87 bits per heavy atom. The van der Waals surface area contributed by atoms with Crippen LogP contribution in [0.4, 0.5) is 0 Å². The first-order valence-corrected chi connectivity index (χ1v) is 11.4. The van der Waals surface area contributed by atoms with Gasteiger partial charge in [0, 0.05) is 68.9 Å². The highest BCUT2D eigenvalue weighted by molar-refractivity contribution is 7.99. The fourth-order valence-corrected chi connectivity index (χ4v) is 4.96. The third kappa shape index (κ3) is 4.59. The monoisotopic (exact) mass is 427 g/mol. The number of carbonyl (C=O) groups is 1. The Bertz CT molecular complexity index is 962. The standard InChI is InChI=1S/C22H29N5O2S/c1-22(2,3)18-12-19(28)27-14-17(15-30-21(27)24-18)20(29)26-10-8-25(9-11-26)13-16-4-6-23-7-5-16/h4-7,12,17H,8-11,13-15H2,1-3H3. The molecule has 30 heavy (non-hydrogen) atoms. The lowest BCUT2D eigenvalue weighted by Gasteiger charge is -2.37. The highest BCUT2D eigenvalue weighted by Gasteiger charge is 2.32. The van der Waals surface area contributed by atoms with Gasteiger partial charge in [-0.2, -0.15) is 0 Å². The molecule has 0 aliphatic carbocycles. The Morgan fingerprint density at radius 1 is 1.17 bits per heavy atom. The van der Waals surface area contributed by atoms with Crippen LogP contribution in [0.2, 0.25) is 0 Å². The molecule has 2 aromatic heterocycles. The van der Waals surface area contributed by atoms with Gasteiger partial charge in [0.05, 0.1) is 11.6 Å². The summed E-state index contributed by atoms with van der Waals surface area (Å²) in [7, 11) is 0. The molecule has 1 fully saturated rings. The Balaban J connectivity index is 1.37. The summed E-state index contributed by atoms with van der Waals surface area (Å²) in [6, 6.07) is 5.69. The van der Waals surface area contributed by atoms with Gasteiger partial charge >= 0.3 is 0 Å². The van der Waals surface area contributed by atoms with Crippen molar-refractivity contribution >= 4 is 17.7 Å². The maximum absolute atomic E-state index is 13.1. The van der Waals surface area contributed by atoms with Crippen molar-refractivity contribution in [3.8, 4) is 0 Å². The smallest absolute Gasteiger partial charge is 0.254 e. The number of hydrogen-bond acceptors (Lipinski definition) is 6. The van der Waals surface area contributed by atoms with E-state index in [1.54, 1.807) is 10.6 Å². The molecular formula is C22H29N5O2S. The normalized spacial score (nSPS) is 20.1. The number of piperazine rings is 1. The summed E-state index contributed by atoms with van der Waals surface area (Å²) in [6.07, 6.45) is 3.63.